The highest BCUT2D eigenvalue weighted by Gasteiger charge is 2.17. The molecule has 0 aliphatic rings. The lowest BCUT2D eigenvalue weighted by atomic mass is 10.3. The number of hydrogen-bond acceptors (Lipinski definition) is 4. The van der Waals surface area contributed by atoms with Crippen molar-refractivity contribution >= 4 is 31.6 Å². The monoisotopic (exact) mass is 344 g/mol. The van der Waals surface area contributed by atoms with Crippen LogP contribution in [-0.2, 0) is 16.4 Å². The van der Waals surface area contributed by atoms with Crippen LogP contribution in [0.3, 0.4) is 0 Å². The predicted molar refractivity (Wildman–Crippen MR) is 76.0 cm³/mol. The van der Waals surface area contributed by atoms with Crippen molar-refractivity contribution in [3.63, 3.8) is 0 Å². The standard InChI is InChI=1S/C11H13BrN4O2S/c12-9-7-8(13)1-2-10(9)19(17,18)16-4-3-11-14-5-6-15-11/h1-2,5-7,16H,3-4,13H2,(H,14,15). The molecule has 1 heterocycles. The Hall–Kier alpha value is -1.38. The number of halogens is 1. The molecule has 8 heteroatoms. The molecule has 19 heavy (non-hydrogen) atoms. The molecule has 2 aromatic rings. The SMILES string of the molecule is Nc1ccc(S(=O)(=O)NCCc2ncc[nH]2)c(Br)c1. The minimum Gasteiger partial charge on any atom is -0.399 e. The van der Waals surface area contributed by atoms with Crippen molar-refractivity contribution in [2.45, 2.75) is 11.3 Å². The molecule has 0 atom stereocenters. The van der Waals surface area contributed by atoms with Crippen molar-refractivity contribution in [2.24, 2.45) is 0 Å². The van der Waals surface area contributed by atoms with Gasteiger partial charge in [0.05, 0.1) is 4.90 Å². The van der Waals surface area contributed by atoms with Crippen LogP contribution in [0.4, 0.5) is 5.69 Å². The highest BCUT2D eigenvalue weighted by atomic mass is 79.9. The quantitative estimate of drug-likeness (QED) is 0.711. The van der Waals surface area contributed by atoms with Gasteiger partial charge in [0.15, 0.2) is 0 Å². The van der Waals surface area contributed by atoms with Crippen molar-refractivity contribution in [3.05, 3.63) is 40.9 Å². The van der Waals surface area contributed by atoms with Crippen molar-refractivity contribution in [3.8, 4) is 0 Å². The van der Waals surface area contributed by atoms with Gasteiger partial charge in [-0.05, 0) is 34.1 Å². The Morgan fingerprint density at radius 2 is 2.21 bits per heavy atom. The van der Waals surface area contributed by atoms with E-state index in [9.17, 15) is 8.42 Å². The Labute approximate surface area is 119 Å². The van der Waals surface area contributed by atoms with Gasteiger partial charge in [0.2, 0.25) is 10.0 Å². The molecule has 0 spiro atoms. The Kier molecular flexibility index (Phi) is 4.23. The summed E-state index contributed by atoms with van der Waals surface area (Å²) < 4.78 is 27.1. The molecule has 0 unspecified atom stereocenters. The largest absolute Gasteiger partial charge is 0.399 e. The summed E-state index contributed by atoms with van der Waals surface area (Å²) in [5.41, 5.74) is 6.08. The third kappa shape index (κ3) is 3.55. The third-order valence-corrected chi connectivity index (χ3v) is 4.89. The van der Waals surface area contributed by atoms with Crippen molar-refractivity contribution in [2.75, 3.05) is 12.3 Å². The first kappa shape index (κ1) is 14.0. The molecule has 0 aliphatic heterocycles. The Morgan fingerprint density at radius 1 is 1.42 bits per heavy atom. The lowest BCUT2D eigenvalue weighted by Gasteiger charge is -2.08. The summed E-state index contributed by atoms with van der Waals surface area (Å²) in [7, 11) is -3.56. The van der Waals surface area contributed by atoms with Crippen molar-refractivity contribution in [1.29, 1.82) is 0 Å². The van der Waals surface area contributed by atoms with Crippen LogP contribution in [0.2, 0.25) is 0 Å². The van der Waals surface area contributed by atoms with Crippen molar-refractivity contribution in [1.82, 2.24) is 14.7 Å². The van der Waals surface area contributed by atoms with E-state index in [1.165, 1.54) is 6.07 Å². The van der Waals surface area contributed by atoms with Crippen LogP contribution < -0.4 is 10.5 Å². The normalized spacial score (nSPS) is 11.6. The van der Waals surface area contributed by atoms with Gasteiger partial charge in [0, 0.05) is 35.5 Å². The van der Waals surface area contributed by atoms with Gasteiger partial charge in [-0.2, -0.15) is 0 Å². The van der Waals surface area contributed by atoms with E-state index in [-0.39, 0.29) is 11.4 Å². The number of nitrogens with zero attached hydrogens (tertiary/aromatic N) is 1. The maximum absolute atomic E-state index is 12.1. The number of nitrogen functional groups attached to an aromatic ring is 1. The summed E-state index contributed by atoms with van der Waals surface area (Å²) in [5, 5.41) is 0. The van der Waals surface area contributed by atoms with Gasteiger partial charge >= 0.3 is 0 Å². The molecule has 0 fully saturated rings. The number of rotatable bonds is 5. The number of anilines is 1. The number of aromatic amines is 1. The minimum atomic E-state index is -3.56. The zero-order valence-electron chi connectivity index (χ0n) is 9.93. The summed E-state index contributed by atoms with van der Waals surface area (Å²) in [5.74, 6) is 0.735. The summed E-state index contributed by atoms with van der Waals surface area (Å²) >= 11 is 3.20. The predicted octanol–water partition coefficient (Wildman–Crippen LogP) is 1.28. The van der Waals surface area contributed by atoms with E-state index < -0.39 is 10.0 Å². The zero-order valence-corrected chi connectivity index (χ0v) is 12.3. The zero-order chi connectivity index (χ0) is 13.9. The van der Waals surface area contributed by atoms with E-state index in [0.717, 1.165) is 5.82 Å². The van der Waals surface area contributed by atoms with Crippen LogP contribution in [0.1, 0.15) is 5.82 Å². The number of nitrogens with one attached hydrogen (secondary N) is 2. The molecule has 6 nitrogen and oxygen atoms in total. The highest BCUT2D eigenvalue weighted by molar-refractivity contribution is 9.10. The maximum atomic E-state index is 12.1. The number of hydrogen-bond donors (Lipinski definition) is 3. The van der Waals surface area contributed by atoms with E-state index in [0.29, 0.717) is 16.6 Å². The van der Waals surface area contributed by atoms with E-state index in [1.54, 1.807) is 24.5 Å². The second kappa shape index (κ2) is 5.72. The number of benzene rings is 1. The Balaban J connectivity index is 2.05. The number of sulfonamides is 1. The molecule has 0 bridgehead atoms. The van der Waals surface area contributed by atoms with Crippen LogP contribution in [0, 0.1) is 0 Å². The van der Waals surface area contributed by atoms with E-state index >= 15 is 0 Å². The lowest BCUT2D eigenvalue weighted by Crippen LogP contribution is -2.26. The molecule has 0 amide bonds. The minimum absolute atomic E-state index is 0.168. The van der Waals surface area contributed by atoms with E-state index in [2.05, 4.69) is 30.6 Å². The number of imidazole rings is 1. The molecule has 0 saturated carbocycles. The lowest BCUT2D eigenvalue weighted by molar-refractivity contribution is 0.580. The molecule has 0 aliphatic carbocycles. The molecular formula is C11H13BrN4O2S. The van der Waals surface area contributed by atoms with Crippen LogP contribution in [0.25, 0.3) is 0 Å². The van der Waals surface area contributed by atoms with Gasteiger partial charge in [-0.3, -0.25) is 0 Å². The number of aromatic nitrogens is 2. The van der Waals surface area contributed by atoms with Crippen LogP contribution >= 0.6 is 15.9 Å². The number of nitrogens with two attached hydrogens (primary N) is 1. The molecule has 102 valence electrons. The van der Waals surface area contributed by atoms with Gasteiger partial charge < -0.3 is 10.7 Å². The second-order valence-electron chi connectivity index (χ2n) is 3.87. The van der Waals surface area contributed by atoms with Crippen molar-refractivity contribution < 1.29 is 8.42 Å². The highest BCUT2D eigenvalue weighted by Crippen LogP contribution is 2.23. The Bertz CT molecular complexity index is 655. The van der Waals surface area contributed by atoms with Gasteiger partial charge in [-0.15, -0.1) is 0 Å². The van der Waals surface area contributed by atoms with Gasteiger partial charge in [0.25, 0.3) is 0 Å². The van der Waals surface area contributed by atoms with Crippen LogP contribution in [0.15, 0.2) is 40.0 Å². The van der Waals surface area contributed by atoms with Gasteiger partial charge in [-0.25, -0.2) is 18.1 Å². The Morgan fingerprint density at radius 3 is 2.84 bits per heavy atom. The molecule has 1 aromatic carbocycles. The first-order valence-corrected chi connectivity index (χ1v) is 7.79. The van der Waals surface area contributed by atoms with Crippen LogP contribution in [-0.4, -0.2) is 24.9 Å². The molecule has 4 N–H and O–H groups in total. The number of H-pyrrole nitrogens is 1. The fraction of sp³-hybridized carbons (Fsp3) is 0.182. The smallest absolute Gasteiger partial charge is 0.241 e. The van der Waals surface area contributed by atoms with E-state index in [4.69, 9.17) is 5.73 Å². The summed E-state index contributed by atoms with van der Waals surface area (Å²) in [6, 6.07) is 4.57. The topological polar surface area (TPSA) is 101 Å². The first-order chi connectivity index (χ1) is 8.99. The fourth-order valence-electron chi connectivity index (χ4n) is 1.55. The second-order valence-corrected chi connectivity index (χ2v) is 6.46. The molecule has 1 aromatic heterocycles. The summed E-state index contributed by atoms with van der Waals surface area (Å²) in [4.78, 5) is 7.10. The third-order valence-electron chi connectivity index (χ3n) is 2.45. The molecule has 0 saturated heterocycles. The average molecular weight is 345 g/mol. The first-order valence-electron chi connectivity index (χ1n) is 5.52. The molecule has 2 rings (SSSR count). The molecule has 0 radical (unpaired) electrons. The van der Waals surface area contributed by atoms with Gasteiger partial charge in [-0.1, -0.05) is 0 Å². The van der Waals surface area contributed by atoms with Gasteiger partial charge in [0.1, 0.15) is 5.82 Å². The fourth-order valence-corrected chi connectivity index (χ4v) is 3.68. The molecular weight excluding hydrogens is 332 g/mol. The van der Waals surface area contributed by atoms with E-state index in [1.807, 2.05) is 0 Å². The average Bonchev–Trinajstić information content (AvgIpc) is 2.81. The summed E-state index contributed by atoms with van der Waals surface area (Å²) in [6.45, 7) is 0.270. The van der Waals surface area contributed by atoms with Crippen LogP contribution in [0.5, 0.6) is 0 Å². The summed E-state index contributed by atoms with van der Waals surface area (Å²) in [6.07, 6.45) is 3.82. The maximum Gasteiger partial charge on any atom is 0.241 e.